The molecule has 282 valence electrons. The molecule has 13 rings (SSSR count). The number of rotatable bonds is 2. The average Bonchev–Trinajstić information content (AvgIpc) is 3.97. The van der Waals surface area contributed by atoms with Crippen molar-refractivity contribution in [2.75, 3.05) is 0 Å². The zero-order chi connectivity index (χ0) is 39.9. The maximum atomic E-state index is 5.98. The van der Waals surface area contributed by atoms with Gasteiger partial charge in [-0.1, -0.05) is 163 Å². The third-order valence-electron chi connectivity index (χ3n) is 12.1. The van der Waals surface area contributed by atoms with Crippen LogP contribution >= 0.6 is 0 Å². The number of hydrogen-bond donors (Lipinski definition) is 0. The van der Waals surface area contributed by atoms with Gasteiger partial charge >= 0.3 is 29.6 Å². The van der Waals surface area contributed by atoms with Gasteiger partial charge in [0, 0.05) is 11.1 Å². The number of hydrogen-bond acceptors (Lipinski definition) is 1. The Labute approximate surface area is 378 Å². The van der Waals surface area contributed by atoms with E-state index in [0.29, 0.717) is 0 Å². The molecule has 0 aliphatic heterocycles. The van der Waals surface area contributed by atoms with E-state index in [1.165, 1.54) is 72.0 Å². The molecule has 1 heterocycles. The minimum atomic E-state index is -0.268. The van der Waals surface area contributed by atoms with Crippen molar-refractivity contribution >= 4 is 32.7 Å². The van der Waals surface area contributed by atoms with Crippen molar-refractivity contribution in [2.45, 2.75) is 5.41 Å². The summed E-state index contributed by atoms with van der Waals surface area (Å²) in [5.41, 5.74) is 17.2. The number of furan rings is 1. The Morgan fingerprint density at radius 3 is 1.62 bits per heavy atom. The molecular weight excluding hydrogens is 748 g/mol. The molecule has 0 radical (unpaired) electrons. The van der Waals surface area contributed by atoms with Crippen molar-refractivity contribution in [2.24, 2.45) is 0 Å². The fraction of sp³-hybridized carbons (Fsp3) is 0.0169. The van der Waals surface area contributed by atoms with Crippen LogP contribution in [0.4, 0.5) is 0 Å². The van der Waals surface area contributed by atoms with E-state index in [1.807, 2.05) is 66.7 Å². The van der Waals surface area contributed by atoms with Crippen LogP contribution in [0, 0.1) is 18.2 Å². The van der Waals surface area contributed by atoms with E-state index >= 15 is 0 Å². The molecular formula is C59H37NaO-2. The molecule has 0 unspecified atom stereocenters. The molecule has 2 heteroatoms. The maximum absolute atomic E-state index is 5.98. The predicted octanol–water partition coefficient (Wildman–Crippen LogP) is 12.2. The van der Waals surface area contributed by atoms with E-state index in [1.54, 1.807) is 0 Å². The van der Waals surface area contributed by atoms with Gasteiger partial charge in [0.15, 0.2) is 0 Å². The molecule has 1 nitrogen and oxygen atoms in total. The fourth-order valence-electron chi connectivity index (χ4n) is 9.45. The van der Waals surface area contributed by atoms with Crippen LogP contribution in [0.25, 0.3) is 77.2 Å². The second-order valence-electron chi connectivity index (χ2n) is 15.3. The molecule has 0 saturated carbocycles. The normalized spacial score (nSPS) is 12.3. The Morgan fingerprint density at radius 1 is 0.361 bits per heavy atom. The number of fused-ring (bicyclic) bond motifs is 14. The standard InChI is InChI=1S/C31H19.C18H11O.C10H7.Na/c1-2-10-21(11-3-1)22-18-19-26-25-14-6-9-17-29(25)31(30(26)20-22)27-15-7-4-12-23(27)24-13-5-8-16-28(24)31;1-2-7-13(8-3-1)14-10-6-11-16-15-9-4-5-12-17(15)19-18(14)16;1-2-6-10-8-4-3-7-9(10)5-1;/h2-20H;1-11H;1-3,5-8H;/q3*-1;+1. The summed E-state index contributed by atoms with van der Waals surface area (Å²) in [4.78, 5) is 0. The molecule has 0 fully saturated rings. The van der Waals surface area contributed by atoms with Crippen LogP contribution in [0.1, 0.15) is 22.3 Å². The molecule has 2 aliphatic rings. The number of para-hydroxylation sites is 2. The van der Waals surface area contributed by atoms with Crippen LogP contribution in [0.2, 0.25) is 0 Å². The van der Waals surface area contributed by atoms with Gasteiger partial charge in [-0.15, -0.1) is 28.5 Å². The van der Waals surface area contributed by atoms with Gasteiger partial charge in [0.25, 0.3) is 0 Å². The van der Waals surface area contributed by atoms with Crippen molar-refractivity contribution < 1.29 is 34.0 Å². The van der Waals surface area contributed by atoms with Gasteiger partial charge in [-0.05, 0) is 61.0 Å². The summed E-state index contributed by atoms with van der Waals surface area (Å²) in [7, 11) is 0. The molecule has 10 aromatic carbocycles. The summed E-state index contributed by atoms with van der Waals surface area (Å²) >= 11 is 0. The molecule has 0 N–H and O–H groups in total. The van der Waals surface area contributed by atoms with Gasteiger partial charge < -0.3 is 4.42 Å². The van der Waals surface area contributed by atoms with Gasteiger partial charge in [-0.2, -0.15) is 72.8 Å². The van der Waals surface area contributed by atoms with Crippen LogP contribution in [0.15, 0.2) is 229 Å². The second-order valence-corrected chi connectivity index (χ2v) is 15.3. The zero-order valence-corrected chi connectivity index (χ0v) is 35.8. The van der Waals surface area contributed by atoms with Crippen molar-refractivity contribution in [3.05, 3.63) is 265 Å². The Morgan fingerprint density at radius 2 is 0.934 bits per heavy atom. The molecule has 0 saturated heterocycles. The van der Waals surface area contributed by atoms with E-state index < -0.39 is 0 Å². The van der Waals surface area contributed by atoms with Crippen LogP contribution in [-0.2, 0) is 5.41 Å². The smallest absolute Gasteiger partial charge is 0.483 e. The van der Waals surface area contributed by atoms with E-state index in [2.05, 4.69) is 176 Å². The first kappa shape index (κ1) is 38.5. The molecule has 1 spiro atoms. The van der Waals surface area contributed by atoms with Gasteiger partial charge in [-0.3, -0.25) is 0 Å². The molecule has 61 heavy (non-hydrogen) atoms. The molecule has 0 bridgehead atoms. The summed E-state index contributed by atoms with van der Waals surface area (Å²) in [6.07, 6.45) is 0. The Bertz CT molecular complexity index is 3200. The summed E-state index contributed by atoms with van der Waals surface area (Å²) in [6, 6.07) is 88.3. The van der Waals surface area contributed by atoms with Crippen LogP contribution in [0.5, 0.6) is 0 Å². The van der Waals surface area contributed by atoms with Crippen molar-refractivity contribution in [3.8, 4) is 44.5 Å². The molecule has 0 amide bonds. The number of benzene rings is 10. The summed E-state index contributed by atoms with van der Waals surface area (Å²) in [5, 5.41) is 4.80. The monoisotopic (exact) mass is 784 g/mol. The topological polar surface area (TPSA) is 13.1 Å². The summed E-state index contributed by atoms with van der Waals surface area (Å²) in [5.74, 6) is 0. The first-order valence-electron chi connectivity index (χ1n) is 20.4. The van der Waals surface area contributed by atoms with Gasteiger partial charge in [0.05, 0.1) is 5.41 Å². The van der Waals surface area contributed by atoms with Gasteiger partial charge in [-0.25, -0.2) is 0 Å². The Hall–Kier alpha value is -6.74. The predicted molar refractivity (Wildman–Crippen MR) is 248 cm³/mol. The van der Waals surface area contributed by atoms with Gasteiger partial charge in [0.1, 0.15) is 5.58 Å². The minimum absolute atomic E-state index is 0. The van der Waals surface area contributed by atoms with Crippen LogP contribution in [-0.4, -0.2) is 0 Å². The van der Waals surface area contributed by atoms with Crippen LogP contribution in [0.3, 0.4) is 0 Å². The average molecular weight is 785 g/mol. The molecule has 1 aromatic heterocycles. The SMILES string of the molecule is [Na+].[c-]1ccc(-c2ccc3c(c2)C2(c4ccccc4-c4ccccc42)c2ccccc2-3)cc1.[c-]1ccc2ccccc2c1.[c-]1cccc2c1oc1c(-c3ccccc3)cccc12. The Kier molecular flexibility index (Phi) is 10.3. The van der Waals surface area contributed by atoms with E-state index in [4.69, 9.17) is 4.42 Å². The maximum Gasteiger partial charge on any atom is 1.00 e. The first-order valence-corrected chi connectivity index (χ1v) is 20.4. The fourth-order valence-corrected chi connectivity index (χ4v) is 9.45. The van der Waals surface area contributed by atoms with Crippen molar-refractivity contribution in [3.63, 3.8) is 0 Å². The molecule has 11 aromatic rings. The molecule has 2 aliphatic carbocycles. The minimum Gasteiger partial charge on any atom is -0.483 e. The van der Waals surface area contributed by atoms with Crippen molar-refractivity contribution in [1.82, 2.24) is 0 Å². The Balaban J connectivity index is 0.000000126. The van der Waals surface area contributed by atoms with E-state index in [0.717, 1.165) is 27.5 Å². The molecule has 0 atom stereocenters. The van der Waals surface area contributed by atoms with E-state index in [9.17, 15) is 0 Å². The zero-order valence-electron chi connectivity index (χ0n) is 33.8. The van der Waals surface area contributed by atoms with E-state index in [-0.39, 0.29) is 35.0 Å². The third-order valence-corrected chi connectivity index (χ3v) is 12.1. The third kappa shape index (κ3) is 6.54. The quantitative estimate of drug-likeness (QED) is 0.126. The first-order chi connectivity index (χ1) is 29.8. The summed E-state index contributed by atoms with van der Waals surface area (Å²) in [6.45, 7) is 0. The van der Waals surface area contributed by atoms with Gasteiger partial charge in [0.2, 0.25) is 0 Å². The second kappa shape index (κ2) is 16.4. The van der Waals surface area contributed by atoms with Crippen LogP contribution < -0.4 is 29.6 Å². The largest absolute Gasteiger partial charge is 1.00 e. The van der Waals surface area contributed by atoms with Crippen molar-refractivity contribution in [1.29, 1.82) is 0 Å². The summed E-state index contributed by atoms with van der Waals surface area (Å²) < 4.78 is 5.98.